The molecule has 0 aliphatic rings. The van der Waals surface area contributed by atoms with Gasteiger partial charge in [-0.1, -0.05) is 30.3 Å². The molecule has 0 aliphatic heterocycles. The van der Waals surface area contributed by atoms with Gasteiger partial charge in [-0.15, -0.1) is 0 Å². The second-order valence-electron chi connectivity index (χ2n) is 4.32. The Bertz CT molecular complexity index is 247. The van der Waals surface area contributed by atoms with Gasteiger partial charge in [0.1, 0.15) is 0 Å². The zero-order valence-corrected chi connectivity index (χ0v) is 11.0. The van der Waals surface area contributed by atoms with Gasteiger partial charge in [-0.2, -0.15) is 0 Å². The number of rotatable bonds is 3. The van der Waals surface area contributed by atoms with Crippen molar-refractivity contribution < 1.29 is 9.84 Å². The molecule has 0 aromatic heterocycles. The van der Waals surface area contributed by atoms with Gasteiger partial charge in [0, 0.05) is 0 Å². The van der Waals surface area contributed by atoms with Gasteiger partial charge in [0.15, 0.2) is 0 Å². The van der Waals surface area contributed by atoms with Crippen molar-refractivity contribution in [2.75, 3.05) is 0 Å². The summed E-state index contributed by atoms with van der Waals surface area (Å²) in [5.41, 5.74) is 0.970. The van der Waals surface area contributed by atoms with E-state index in [1.165, 1.54) is 0 Å². The number of hydrogen-bond donors (Lipinski definition) is 1. The summed E-state index contributed by atoms with van der Waals surface area (Å²) >= 11 is 0. The fourth-order valence-corrected chi connectivity index (χ4v) is 1.28. The molecule has 1 unspecified atom stereocenters. The molecule has 1 rings (SSSR count). The van der Waals surface area contributed by atoms with Crippen LogP contribution < -0.4 is 0 Å². The second-order valence-corrected chi connectivity index (χ2v) is 4.32. The van der Waals surface area contributed by atoms with Crippen molar-refractivity contribution in [3.8, 4) is 0 Å². The van der Waals surface area contributed by atoms with E-state index in [2.05, 4.69) is 0 Å². The van der Waals surface area contributed by atoms with E-state index in [9.17, 15) is 0 Å². The van der Waals surface area contributed by atoms with E-state index in [-0.39, 0.29) is 6.10 Å². The average molecular weight is 224 g/mol. The fourth-order valence-electron chi connectivity index (χ4n) is 1.28. The molecule has 1 aromatic carbocycles. The summed E-state index contributed by atoms with van der Waals surface area (Å²) in [6.07, 6.45) is 0.409. The van der Waals surface area contributed by atoms with Crippen LogP contribution >= 0.6 is 0 Å². The van der Waals surface area contributed by atoms with E-state index in [1.54, 1.807) is 6.92 Å². The van der Waals surface area contributed by atoms with Gasteiger partial charge in [-0.3, -0.25) is 0 Å². The maximum atomic E-state index is 9.02. The summed E-state index contributed by atoms with van der Waals surface area (Å²) < 4.78 is 5.25. The summed E-state index contributed by atoms with van der Waals surface area (Å²) in [6.45, 7) is 9.93. The lowest BCUT2D eigenvalue weighted by molar-refractivity contribution is 0.0300. The highest BCUT2D eigenvalue weighted by atomic mass is 16.5. The molecule has 92 valence electrons. The van der Waals surface area contributed by atoms with Crippen LogP contribution in [0.25, 0.3) is 0 Å². The molecule has 0 saturated carbocycles. The van der Waals surface area contributed by atoms with Crippen molar-refractivity contribution >= 4 is 0 Å². The fraction of sp³-hybridized carbons (Fsp3) is 0.571. The Hall–Kier alpha value is -0.860. The van der Waals surface area contributed by atoms with Gasteiger partial charge < -0.3 is 9.84 Å². The third-order valence-electron chi connectivity index (χ3n) is 1.83. The van der Waals surface area contributed by atoms with E-state index < -0.39 is 0 Å². The number of hydrogen-bond acceptors (Lipinski definition) is 2. The predicted octanol–water partition coefficient (Wildman–Crippen LogP) is 3.56. The van der Waals surface area contributed by atoms with Crippen molar-refractivity contribution in [3.05, 3.63) is 35.9 Å². The van der Waals surface area contributed by atoms with Crippen molar-refractivity contribution in [3.63, 3.8) is 0 Å². The highest BCUT2D eigenvalue weighted by Crippen LogP contribution is 2.09. The lowest BCUT2D eigenvalue weighted by atomic mass is 10.1. The second kappa shape index (κ2) is 8.31. The minimum Gasteiger partial charge on any atom is -0.389 e. The minimum atomic E-state index is -0.341. The number of benzene rings is 1. The molecule has 0 bridgehead atoms. The molecule has 0 saturated heterocycles. The van der Waals surface area contributed by atoms with Crippen molar-refractivity contribution in [2.45, 2.75) is 52.9 Å². The Labute approximate surface area is 99.3 Å². The predicted molar refractivity (Wildman–Crippen MR) is 68.4 cm³/mol. The first-order valence-corrected chi connectivity index (χ1v) is 5.82. The van der Waals surface area contributed by atoms with Crippen LogP contribution in [0.15, 0.2) is 30.3 Å². The maximum Gasteiger partial charge on any atom is 0.0761 e. The van der Waals surface area contributed by atoms with Crippen LogP contribution in [0.5, 0.6) is 0 Å². The maximum absolute atomic E-state index is 9.02. The number of aliphatic hydroxyl groups excluding tert-OH is 1. The van der Waals surface area contributed by atoms with Crippen LogP contribution in [0.1, 0.15) is 46.3 Å². The molecular weight excluding hydrogens is 200 g/mol. The Morgan fingerprint density at radius 1 is 0.875 bits per heavy atom. The van der Waals surface area contributed by atoms with E-state index in [0.29, 0.717) is 12.2 Å². The smallest absolute Gasteiger partial charge is 0.0761 e. The van der Waals surface area contributed by atoms with E-state index in [0.717, 1.165) is 5.56 Å². The SMILES string of the molecule is CC(C)OC(C)C.CC(O)c1ccccc1. The van der Waals surface area contributed by atoms with Crippen LogP contribution in [0.3, 0.4) is 0 Å². The summed E-state index contributed by atoms with van der Waals surface area (Å²) in [4.78, 5) is 0. The topological polar surface area (TPSA) is 29.5 Å². The Morgan fingerprint density at radius 3 is 1.50 bits per heavy atom. The lowest BCUT2D eigenvalue weighted by Gasteiger charge is -2.09. The molecule has 0 spiro atoms. The minimum absolute atomic E-state index is 0.341. The van der Waals surface area contributed by atoms with Gasteiger partial charge in [-0.05, 0) is 40.2 Å². The molecule has 0 aliphatic carbocycles. The third kappa shape index (κ3) is 8.45. The molecule has 16 heavy (non-hydrogen) atoms. The summed E-state index contributed by atoms with van der Waals surface area (Å²) in [6, 6.07) is 9.59. The molecule has 0 heterocycles. The average Bonchev–Trinajstić information content (AvgIpc) is 2.17. The van der Waals surface area contributed by atoms with E-state index >= 15 is 0 Å². The zero-order valence-electron chi connectivity index (χ0n) is 11.0. The Balaban J connectivity index is 0.000000293. The van der Waals surface area contributed by atoms with Crippen LogP contribution in [0.4, 0.5) is 0 Å². The first kappa shape index (κ1) is 15.1. The molecule has 1 aromatic rings. The summed E-state index contributed by atoms with van der Waals surface area (Å²) in [7, 11) is 0. The first-order chi connectivity index (χ1) is 7.43. The van der Waals surface area contributed by atoms with Gasteiger partial charge in [-0.25, -0.2) is 0 Å². The van der Waals surface area contributed by atoms with E-state index in [4.69, 9.17) is 9.84 Å². The number of ether oxygens (including phenoxy) is 1. The van der Waals surface area contributed by atoms with Crippen LogP contribution in [-0.2, 0) is 4.74 Å². The van der Waals surface area contributed by atoms with Gasteiger partial charge >= 0.3 is 0 Å². The number of aliphatic hydroxyl groups is 1. The van der Waals surface area contributed by atoms with Crippen LogP contribution in [0.2, 0.25) is 0 Å². The lowest BCUT2D eigenvalue weighted by Crippen LogP contribution is -2.09. The molecule has 1 atom stereocenters. The van der Waals surface area contributed by atoms with Crippen molar-refractivity contribution in [1.29, 1.82) is 0 Å². The molecule has 1 N–H and O–H groups in total. The van der Waals surface area contributed by atoms with E-state index in [1.807, 2.05) is 58.0 Å². The molecular formula is C14H24O2. The van der Waals surface area contributed by atoms with Crippen molar-refractivity contribution in [1.82, 2.24) is 0 Å². The molecule has 0 fully saturated rings. The largest absolute Gasteiger partial charge is 0.389 e. The summed E-state index contributed by atoms with van der Waals surface area (Å²) in [5.74, 6) is 0. The third-order valence-corrected chi connectivity index (χ3v) is 1.83. The zero-order chi connectivity index (χ0) is 12.6. The summed E-state index contributed by atoms with van der Waals surface area (Å²) in [5, 5.41) is 9.02. The highest BCUT2D eigenvalue weighted by molar-refractivity contribution is 5.16. The van der Waals surface area contributed by atoms with Crippen molar-refractivity contribution in [2.24, 2.45) is 0 Å². The van der Waals surface area contributed by atoms with Gasteiger partial charge in [0.05, 0.1) is 18.3 Å². The Kier molecular flexibility index (Phi) is 7.86. The Morgan fingerprint density at radius 2 is 1.31 bits per heavy atom. The molecule has 2 heteroatoms. The standard InChI is InChI=1S/C8H10O.C6H14O/c1-7(9)8-5-3-2-4-6-8;1-5(2)7-6(3)4/h2-7,9H,1H3;5-6H,1-4H3. The van der Waals surface area contributed by atoms with Crippen LogP contribution in [-0.4, -0.2) is 17.3 Å². The quantitative estimate of drug-likeness (QED) is 0.850. The molecule has 0 amide bonds. The normalized spacial score (nSPS) is 12.2. The van der Waals surface area contributed by atoms with Gasteiger partial charge in [0.25, 0.3) is 0 Å². The van der Waals surface area contributed by atoms with Crippen LogP contribution in [0, 0.1) is 0 Å². The monoisotopic (exact) mass is 224 g/mol. The highest BCUT2D eigenvalue weighted by Gasteiger charge is 1.95. The molecule has 0 radical (unpaired) electrons. The first-order valence-electron chi connectivity index (χ1n) is 5.82. The van der Waals surface area contributed by atoms with Gasteiger partial charge in [0.2, 0.25) is 0 Å². The molecule has 2 nitrogen and oxygen atoms in total.